The smallest absolute Gasteiger partial charge is 0.139 e. The van der Waals surface area contributed by atoms with Crippen molar-refractivity contribution in [3.63, 3.8) is 0 Å². The van der Waals surface area contributed by atoms with E-state index in [1.807, 2.05) is 0 Å². The molecule has 0 rings (SSSR count). The van der Waals surface area contributed by atoms with Gasteiger partial charge in [0.2, 0.25) is 0 Å². The zero-order chi connectivity index (χ0) is 13.7. The van der Waals surface area contributed by atoms with Gasteiger partial charge in [0.15, 0.2) is 0 Å². The third kappa shape index (κ3) is 4.79. The van der Waals surface area contributed by atoms with E-state index < -0.39 is 0 Å². The minimum atomic E-state index is -0.173. The predicted molar refractivity (Wildman–Crippen MR) is 75.3 cm³/mol. The van der Waals surface area contributed by atoms with E-state index in [9.17, 15) is 4.79 Å². The van der Waals surface area contributed by atoms with Crippen molar-refractivity contribution in [2.24, 2.45) is 10.8 Å². The Kier molecular flexibility index (Phi) is 6.39. The molecule has 0 aliphatic rings. The molecule has 17 heavy (non-hydrogen) atoms. The first-order valence-corrected chi connectivity index (χ1v) is 6.83. The quantitative estimate of drug-likeness (QED) is 0.676. The molecule has 0 saturated heterocycles. The summed E-state index contributed by atoms with van der Waals surface area (Å²) in [5.74, 6) is 0.439. The summed E-state index contributed by atoms with van der Waals surface area (Å²) < 4.78 is 0. The van der Waals surface area contributed by atoms with E-state index in [2.05, 4.69) is 53.6 Å². The van der Waals surface area contributed by atoms with Crippen LogP contribution < -0.4 is 0 Å². The molecule has 0 N–H and O–H groups in total. The van der Waals surface area contributed by atoms with Gasteiger partial charge in [0.25, 0.3) is 0 Å². The maximum Gasteiger partial charge on any atom is 0.139 e. The number of rotatable bonds is 7. The monoisotopic (exact) mass is 241 g/mol. The first kappa shape index (κ1) is 16.6. The van der Waals surface area contributed by atoms with Crippen LogP contribution in [0.25, 0.3) is 0 Å². The molecular weight excluding hydrogens is 210 g/mol. The highest BCUT2D eigenvalue weighted by atomic mass is 16.1. The number of carbonyl (C=O) groups is 1. The molecular formula is C15H31NO. The van der Waals surface area contributed by atoms with E-state index in [1.165, 1.54) is 0 Å². The van der Waals surface area contributed by atoms with E-state index in [1.54, 1.807) is 0 Å². The lowest BCUT2D eigenvalue weighted by Crippen LogP contribution is -2.40. The topological polar surface area (TPSA) is 20.3 Å². The van der Waals surface area contributed by atoms with Gasteiger partial charge in [-0.2, -0.15) is 0 Å². The second-order valence-corrected chi connectivity index (χ2v) is 6.66. The molecule has 102 valence electrons. The van der Waals surface area contributed by atoms with Crippen molar-refractivity contribution in [2.75, 3.05) is 20.6 Å². The van der Waals surface area contributed by atoms with Gasteiger partial charge >= 0.3 is 0 Å². The summed E-state index contributed by atoms with van der Waals surface area (Å²) in [7, 11) is 4.11. The summed E-state index contributed by atoms with van der Waals surface area (Å²) in [5.41, 5.74) is -0.119. The third-order valence-electron chi connectivity index (χ3n) is 4.03. The van der Waals surface area contributed by atoms with Crippen LogP contribution >= 0.6 is 0 Å². The zero-order valence-electron chi connectivity index (χ0n) is 12.9. The molecule has 0 radical (unpaired) electrons. The highest BCUT2D eigenvalue weighted by molar-refractivity contribution is 5.85. The van der Waals surface area contributed by atoms with Crippen LogP contribution in [0.15, 0.2) is 0 Å². The number of nitrogens with zero attached hydrogens (tertiary/aromatic N) is 1. The molecule has 1 atom stereocenters. The average Bonchev–Trinajstić information content (AvgIpc) is 2.15. The maximum atomic E-state index is 12.5. The molecule has 2 nitrogen and oxygen atoms in total. The first-order valence-electron chi connectivity index (χ1n) is 6.83. The van der Waals surface area contributed by atoms with E-state index in [0.717, 1.165) is 25.8 Å². The molecule has 0 amide bonds. The molecule has 0 aliphatic carbocycles. The summed E-state index contributed by atoms with van der Waals surface area (Å²) in [4.78, 5) is 14.6. The van der Waals surface area contributed by atoms with Crippen LogP contribution in [0.5, 0.6) is 0 Å². The molecule has 0 bridgehead atoms. The van der Waals surface area contributed by atoms with Crippen LogP contribution in [0.1, 0.15) is 60.3 Å². The Hall–Kier alpha value is -0.370. The van der Waals surface area contributed by atoms with Gasteiger partial charge in [-0.3, -0.25) is 4.79 Å². The van der Waals surface area contributed by atoms with Crippen molar-refractivity contribution in [3.8, 4) is 0 Å². The average molecular weight is 241 g/mol. The van der Waals surface area contributed by atoms with Gasteiger partial charge in [0.05, 0.1) is 0 Å². The summed E-state index contributed by atoms with van der Waals surface area (Å²) >= 11 is 0. The highest BCUT2D eigenvalue weighted by Crippen LogP contribution is 2.43. The summed E-state index contributed by atoms with van der Waals surface area (Å²) in [6.45, 7) is 11.9. The van der Waals surface area contributed by atoms with Crippen LogP contribution in [-0.4, -0.2) is 31.3 Å². The third-order valence-corrected chi connectivity index (χ3v) is 4.03. The standard InChI is InChI=1S/C15H31NO/c1-8-11-15(5,14(2,3)4)13(17)10-9-12-16(6)7/h8-12H2,1-7H3. The molecule has 0 aromatic heterocycles. The van der Waals surface area contributed by atoms with Crippen LogP contribution in [0.3, 0.4) is 0 Å². The highest BCUT2D eigenvalue weighted by Gasteiger charge is 2.42. The van der Waals surface area contributed by atoms with Crippen molar-refractivity contribution in [3.05, 3.63) is 0 Å². The van der Waals surface area contributed by atoms with E-state index in [0.29, 0.717) is 12.2 Å². The molecule has 0 fully saturated rings. The van der Waals surface area contributed by atoms with E-state index in [4.69, 9.17) is 0 Å². The van der Waals surface area contributed by atoms with Crippen molar-refractivity contribution < 1.29 is 4.79 Å². The molecule has 0 aliphatic heterocycles. The Bertz CT molecular complexity index is 240. The van der Waals surface area contributed by atoms with E-state index in [-0.39, 0.29) is 10.8 Å². The minimum Gasteiger partial charge on any atom is -0.309 e. The lowest BCUT2D eigenvalue weighted by atomic mass is 9.62. The van der Waals surface area contributed by atoms with Gasteiger partial charge in [-0.25, -0.2) is 0 Å². The number of ketones is 1. The second kappa shape index (κ2) is 6.53. The van der Waals surface area contributed by atoms with Crippen LogP contribution in [0.4, 0.5) is 0 Å². The Labute approximate surface area is 108 Å². The normalized spacial score (nSPS) is 16.0. The number of hydrogen-bond donors (Lipinski definition) is 0. The van der Waals surface area contributed by atoms with Gasteiger partial charge in [0, 0.05) is 11.8 Å². The fourth-order valence-electron chi connectivity index (χ4n) is 2.26. The van der Waals surface area contributed by atoms with Crippen LogP contribution in [0.2, 0.25) is 0 Å². The molecule has 1 unspecified atom stereocenters. The maximum absolute atomic E-state index is 12.5. The molecule has 2 heteroatoms. The van der Waals surface area contributed by atoms with Crippen molar-refractivity contribution in [2.45, 2.75) is 60.3 Å². The van der Waals surface area contributed by atoms with E-state index >= 15 is 0 Å². The summed E-state index contributed by atoms with van der Waals surface area (Å²) in [6.07, 6.45) is 3.76. The first-order chi connectivity index (χ1) is 7.65. The zero-order valence-corrected chi connectivity index (χ0v) is 12.9. The lowest BCUT2D eigenvalue weighted by Gasteiger charge is -2.41. The molecule has 0 aromatic carbocycles. The molecule has 0 spiro atoms. The molecule has 0 heterocycles. The Morgan fingerprint density at radius 1 is 1.12 bits per heavy atom. The molecule has 0 saturated carbocycles. The fraction of sp³-hybridized carbons (Fsp3) is 0.933. The number of hydrogen-bond acceptors (Lipinski definition) is 2. The number of Topliss-reactive ketones (excluding diaryl/α,β-unsaturated/α-hetero) is 1. The van der Waals surface area contributed by atoms with Crippen molar-refractivity contribution >= 4 is 5.78 Å². The van der Waals surface area contributed by atoms with Gasteiger partial charge in [-0.1, -0.05) is 41.0 Å². The van der Waals surface area contributed by atoms with Crippen LogP contribution in [0, 0.1) is 10.8 Å². The Morgan fingerprint density at radius 3 is 2.00 bits per heavy atom. The van der Waals surface area contributed by atoms with Crippen LogP contribution in [-0.2, 0) is 4.79 Å². The summed E-state index contributed by atoms with van der Waals surface area (Å²) in [6, 6.07) is 0. The Morgan fingerprint density at radius 2 is 1.65 bits per heavy atom. The molecule has 0 aromatic rings. The Balaban J connectivity index is 4.56. The van der Waals surface area contributed by atoms with Gasteiger partial charge in [0.1, 0.15) is 5.78 Å². The summed E-state index contributed by atoms with van der Waals surface area (Å²) in [5, 5.41) is 0. The minimum absolute atomic E-state index is 0.0538. The largest absolute Gasteiger partial charge is 0.309 e. The van der Waals surface area contributed by atoms with Crippen molar-refractivity contribution in [1.82, 2.24) is 4.90 Å². The van der Waals surface area contributed by atoms with Gasteiger partial charge in [-0.15, -0.1) is 0 Å². The fourth-order valence-corrected chi connectivity index (χ4v) is 2.26. The second-order valence-electron chi connectivity index (χ2n) is 6.66. The van der Waals surface area contributed by atoms with Crippen molar-refractivity contribution in [1.29, 1.82) is 0 Å². The predicted octanol–water partition coefficient (Wildman–Crippen LogP) is 3.75. The lowest BCUT2D eigenvalue weighted by molar-refractivity contribution is -0.134. The number of carbonyl (C=O) groups excluding carboxylic acids is 1. The SMILES string of the molecule is CCCC(C)(C(=O)CCCN(C)C)C(C)(C)C. The van der Waals surface area contributed by atoms with Gasteiger partial charge in [-0.05, 0) is 38.9 Å². The van der Waals surface area contributed by atoms with Gasteiger partial charge < -0.3 is 4.90 Å².